The molecule has 1 aromatic carbocycles. The van der Waals surface area contributed by atoms with Crippen LogP contribution >= 0.6 is 0 Å². The van der Waals surface area contributed by atoms with Crippen LogP contribution in [0.4, 0.5) is 0 Å². The maximum atomic E-state index is 11.0. The Morgan fingerprint density at radius 1 is 1.43 bits per heavy atom. The van der Waals surface area contributed by atoms with Gasteiger partial charge in [-0.2, -0.15) is 0 Å². The number of carbonyl (C=O) groups is 1. The minimum atomic E-state index is -0.777. The van der Waals surface area contributed by atoms with Crippen molar-refractivity contribution in [3.8, 4) is 0 Å². The molecule has 0 spiro atoms. The van der Waals surface area contributed by atoms with Crippen LogP contribution in [0.5, 0.6) is 0 Å². The number of hydrogen-bond donors (Lipinski definition) is 1. The number of carboxylic acid groups (broad SMARTS) is 1. The van der Waals surface area contributed by atoms with Crippen LogP contribution in [0.1, 0.15) is 36.8 Å². The van der Waals surface area contributed by atoms with Gasteiger partial charge in [0.05, 0.1) is 12.5 Å². The number of ether oxygens (including phenoxy) is 1. The third-order valence-electron chi connectivity index (χ3n) is 4.26. The minimum Gasteiger partial charge on any atom is -0.481 e. The summed E-state index contributed by atoms with van der Waals surface area (Å²) >= 11 is 0. The average molecular weight is 291 g/mol. The second-order valence-corrected chi connectivity index (χ2v) is 6.00. The van der Waals surface area contributed by atoms with Crippen LogP contribution in [0.15, 0.2) is 24.3 Å². The summed E-state index contributed by atoms with van der Waals surface area (Å²) in [5.74, 6) is -0.587. The number of nitrogens with zero attached hydrogens (tertiary/aromatic N) is 1. The van der Waals surface area contributed by atoms with Crippen LogP contribution < -0.4 is 0 Å². The molecular weight excluding hydrogens is 266 g/mol. The normalized spacial score (nSPS) is 21.1. The summed E-state index contributed by atoms with van der Waals surface area (Å²) in [6.45, 7) is 5.71. The first-order valence-electron chi connectivity index (χ1n) is 7.63. The number of benzene rings is 1. The van der Waals surface area contributed by atoms with E-state index in [1.165, 1.54) is 18.4 Å². The molecule has 1 heterocycles. The molecule has 1 aliphatic heterocycles. The van der Waals surface area contributed by atoms with Crippen molar-refractivity contribution in [3.63, 3.8) is 0 Å². The summed E-state index contributed by atoms with van der Waals surface area (Å²) in [4.78, 5) is 13.4. The Bertz CT molecular complexity index is 456. The van der Waals surface area contributed by atoms with Gasteiger partial charge in [-0.1, -0.05) is 24.3 Å². The second kappa shape index (κ2) is 7.57. The molecular formula is C17H25NO3. The molecule has 1 aromatic rings. The lowest BCUT2D eigenvalue weighted by molar-refractivity contribution is -0.138. The Morgan fingerprint density at radius 3 is 2.76 bits per heavy atom. The fourth-order valence-electron chi connectivity index (χ4n) is 2.98. The number of aliphatic carboxylic acids is 1. The highest BCUT2D eigenvalue weighted by molar-refractivity contribution is 5.75. The Kier molecular flexibility index (Phi) is 5.76. The third kappa shape index (κ3) is 4.55. The molecule has 4 heteroatoms. The molecule has 0 saturated carbocycles. The lowest BCUT2D eigenvalue weighted by Gasteiger charge is -2.32. The summed E-state index contributed by atoms with van der Waals surface area (Å²) in [5.41, 5.74) is 2.11. The van der Waals surface area contributed by atoms with Gasteiger partial charge in [-0.15, -0.1) is 0 Å². The van der Waals surface area contributed by atoms with Crippen molar-refractivity contribution in [1.82, 2.24) is 4.90 Å². The number of piperidine rings is 1. The van der Waals surface area contributed by atoms with Gasteiger partial charge >= 0.3 is 5.97 Å². The molecule has 1 N–H and O–H groups in total. The van der Waals surface area contributed by atoms with Crippen molar-refractivity contribution in [2.45, 2.75) is 32.2 Å². The first-order valence-corrected chi connectivity index (χ1v) is 7.63. The maximum absolute atomic E-state index is 11.0. The molecule has 0 aromatic heterocycles. The van der Waals surface area contributed by atoms with E-state index in [9.17, 15) is 4.79 Å². The molecule has 0 bridgehead atoms. The fraction of sp³-hybridized carbons (Fsp3) is 0.588. The van der Waals surface area contributed by atoms with Crippen LogP contribution in [0.25, 0.3) is 0 Å². The standard InChI is InChI=1S/C17H25NO3/c1-13(17(19)20)16-7-5-14(6-8-16)10-18-9-3-4-15(11-18)12-21-2/h5-8,13,15H,3-4,9-12H2,1-2H3,(H,19,20). The molecule has 0 aliphatic carbocycles. The van der Waals surface area contributed by atoms with Gasteiger partial charge in [0.25, 0.3) is 0 Å². The number of hydrogen-bond acceptors (Lipinski definition) is 3. The molecule has 1 saturated heterocycles. The van der Waals surface area contributed by atoms with Crippen LogP contribution in [-0.2, 0) is 16.1 Å². The zero-order valence-electron chi connectivity index (χ0n) is 12.9. The van der Waals surface area contributed by atoms with Crippen molar-refractivity contribution in [1.29, 1.82) is 0 Å². The molecule has 1 aliphatic rings. The van der Waals surface area contributed by atoms with Crippen LogP contribution in [0.3, 0.4) is 0 Å². The first-order chi connectivity index (χ1) is 10.1. The van der Waals surface area contributed by atoms with E-state index in [1.54, 1.807) is 14.0 Å². The number of methoxy groups -OCH3 is 1. The number of rotatable bonds is 6. The van der Waals surface area contributed by atoms with Gasteiger partial charge in [-0.05, 0) is 43.4 Å². The predicted octanol–water partition coefficient (Wildman–Crippen LogP) is 2.73. The van der Waals surface area contributed by atoms with E-state index in [-0.39, 0.29) is 0 Å². The van der Waals surface area contributed by atoms with E-state index >= 15 is 0 Å². The SMILES string of the molecule is COCC1CCCN(Cc2ccc(C(C)C(=O)O)cc2)C1. The summed E-state index contributed by atoms with van der Waals surface area (Å²) in [6, 6.07) is 7.97. The van der Waals surface area contributed by atoms with Crippen molar-refractivity contribution >= 4 is 5.97 Å². The molecule has 21 heavy (non-hydrogen) atoms. The van der Waals surface area contributed by atoms with Crippen molar-refractivity contribution < 1.29 is 14.6 Å². The molecule has 4 nitrogen and oxygen atoms in total. The topological polar surface area (TPSA) is 49.8 Å². The van der Waals surface area contributed by atoms with Crippen molar-refractivity contribution in [2.75, 3.05) is 26.8 Å². The van der Waals surface area contributed by atoms with Gasteiger partial charge in [-0.3, -0.25) is 9.69 Å². The summed E-state index contributed by atoms with van der Waals surface area (Å²) in [6.07, 6.45) is 2.47. The van der Waals surface area contributed by atoms with Crippen LogP contribution in [0.2, 0.25) is 0 Å². The van der Waals surface area contributed by atoms with Gasteiger partial charge in [0, 0.05) is 20.2 Å². The Morgan fingerprint density at radius 2 is 2.14 bits per heavy atom. The highest BCUT2D eigenvalue weighted by atomic mass is 16.5. The lowest BCUT2D eigenvalue weighted by atomic mass is 9.97. The van der Waals surface area contributed by atoms with Crippen LogP contribution in [0, 0.1) is 5.92 Å². The van der Waals surface area contributed by atoms with Gasteiger partial charge in [-0.25, -0.2) is 0 Å². The monoisotopic (exact) mass is 291 g/mol. The minimum absolute atomic E-state index is 0.444. The smallest absolute Gasteiger partial charge is 0.310 e. The van der Waals surface area contributed by atoms with E-state index in [2.05, 4.69) is 17.0 Å². The Labute approximate surface area is 126 Å². The largest absolute Gasteiger partial charge is 0.481 e. The van der Waals surface area contributed by atoms with Crippen molar-refractivity contribution in [2.24, 2.45) is 5.92 Å². The molecule has 116 valence electrons. The fourth-order valence-corrected chi connectivity index (χ4v) is 2.98. The number of carboxylic acids is 1. The third-order valence-corrected chi connectivity index (χ3v) is 4.26. The predicted molar refractivity (Wildman–Crippen MR) is 82.4 cm³/mol. The van der Waals surface area contributed by atoms with Gasteiger partial charge in [0.2, 0.25) is 0 Å². The maximum Gasteiger partial charge on any atom is 0.310 e. The average Bonchev–Trinajstić information content (AvgIpc) is 2.48. The molecule has 2 atom stereocenters. The first kappa shape index (κ1) is 16.0. The second-order valence-electron chi connectivity index (χ2n) is 6.00. The van der Waals surface area contributed by atoms with E-state index in [0.29, 0.717) is 5.92 Å². The van der Waals surface area contributed by atoms with Gasteiger partial charge in [0.1, 0.15) is 0 Å². The van der Waals surface area contributed by atoms with E-state index < -0.39 is 11.9 Å². The summed E-state index contributed by atoms with van der Waals surface area (Å²) < 4.78 is 5.26. The van der Waals surface area contributed by atoms with E-state index in [0.717, 1.165) is 31.8 Å². The molecule has 2 rings (SSSR count). The molecule has 0 radical (unpaired) electrons. The Balaban J connectivity index is 1.92. The van der Waals surface area contributed by atoms with Crippen molar-refractivity contribution in [3.05, 3.63) is 35.4 Å². The van der Waals surface area contributed by atoms with E-state index in [1.807, 2.05) is 12.1 Å². The quantitative estimate of drug-likeness (QED) is 0.875. The highest BCUT2D eigenvalue weighted by Gasteiger charge is 2.20. The lowest BCUT2D eigenvalue weighted by Crippen LogP contribution is -2.36. The molecule has 0 amide bonds. The highest BCUT2D eigenvalue weighted by Crippen LogP contribution is 2.20. The summed E-state index contributed by atoms with van der Waals surface area (Å²) in [5, 5.41) is 9.03. The number of likely N-dealkylation sites (tertiary alicyclic amines) is 1. The Hall–Kier alpha value is -1.39. The molecule has 2 unspecified atom stereocenters. The molecule has 1 fully saturated rings. The summed E-state index contributed by atoms with van der Waals surface area (Å²) in [7, 11) is 1.77. The van der Waals surface area contributed by atoms with Crippen LogP contribution in [-0.4, -0.2) is 42.8 Å². The zero-order valence-corrected chi connectivity index (χ0v) is 12.9. The van der Waals surface area contributed by atoms with Gasteiger partial charge in [0.15, 0.2) is 0 Å². The van der Waals surface area contributed by atoms with Gasteiger partial charge < -0.3 is 9.84 Å². The van der Waals surface area contributed by atoms with E-state index in [4.69, 9.17) is 9.84 Å². The zero-order chi connectivity index (χ0) is 15.2.